The Morgan fingerprint density at radius 2 is 0.488 bits per heavy atom. The molecule has 5 heterocycles. The van der Waals surface area contributed by atoms with Crippen molar-refractivity contribution >= 4 is 67.4 Å². The van der Waals surface area contributed by atoms with Gasteiger partial charge in [0.05, 0.1) is 0 Å². The van der Waals surface area contributed by atoms with Crippen LogP contribution in [-0.4, -0.2) is 19.9 Å². The molecule has 0 saturated heterocycles. The molecule has 8 bridgehead atoms. The molecule has 1 aliphatic heterocycles. The summed E-state index contributed by atoms with van der Waals surface area (Å²) < 4.78 is 0. The van der Waals surface area contributed by atoms with Gasteiger partial charge in [0.15, 0.2) is 0 Å². The fraction of sp³-hybridized carbons (Fsp3) is 0. The fourth-order valence-corrected chi connectivity index (χ4v) is 6.42. The molecule has 1 aliphatic rings. The number of benzene rings is 4. The van der Waals surface area contributed by atoms with Gasteiger partial charge in [-0.15, -0.1) is 0 Å². The van der Waals surface area contributed by atoms with Crippen LogP contribution in [0.25, 0.3) is 67.4 Å². The van der Waals surface area contributed by atoms with Crippen LogP contribution in [0.5, 0.6) is 0 Å². The largest absolute Gasteiger partial charge is 0.354 e. The van der Waals surface area contributed by atoms with Crippen LogP contribution in [0.2, 0.25) is 0 Å². The third-order valence-corrected chi connectivity index (χ3v) is 8.26. The average molecular weight is 578 g/mol. The van der Waals surface area contributed by atoms with E-state index in [-0.39, 0.29) is 19.5 Å². The maximum absolute atomic E-state index is 3.75. The van der Waals surface area contributed by atoms with Crippen molar-refractivity contribution in [2.75, 3.05) is 0 Å². The van der Waals surface area contributed by atoms with Crippen molar-refractivity contribution in [2.45, 2.75) is 0 Å². The van der Waals surface area contributed by atoms with Crippen LogP contribution < -0.4 is 21.4 Å². The number of aromatic nitrogens is 4. The van der Waals surface area contributed by atoms with E-state index in [0.717, 1.165) is 44.2 Å². The summed E-state index contributed by atoms with van der Waals surface area (Å²) in [7, 11) is 0. The first-order valence-electron chi connectivity index (χ1n) is 13.6. The molecule has 0 fully saturated rings. The second-order valence-electron chi connectivity index (χ2n) is 10.6. The third-order valence-electron chi connectivity index (χ3n) is 8.26. The predicted molar refractivity (Wildman–Crippen MR) is 166 cm³/mol. The van der Waals surface area contributed by atoms with E-state index in [2.05, 4.69) is 141 Å². The van der Waals surface area contributed by atoms with Gasteiger partial charge in [0, 0.05) is 107 Å². The zero-order chi connectivity index (χ0) is 26.2. The van der Waals surface area contributed by atoms with Crippen LogP contribution in [0.15, 0.2) is 97.1 Å². The van der Waals surface area contributed by atoms with Gasteiger partial charge < -0.3 is 19.9 Å². The molecule has 190 valence electrons. The Morgan fingerprint density at radius 3 is 0.732 bits per heavy atom. The molecule has 4 aromatic heterocycles. The zero-order valence-electron chi connectivity index (χ0n) is 22.3. The number of hydrogen-bond donors (Lipinski definition) is 4. The summed E-state index contributed by atoms with van der Waals surface area (Å²) in [6.45, 7) is 0. The number of H-pyrrole nitrogens is 4. The molecule has 0 amide bonds. The van der Waals surface area contributed by atoms with Gasteiger partial charge >= 0.3 is 0 Å². The first-order valence-corrected chi connectivity index (χ1v) is 13.6. The van der Waals surface area contributed by atoms with Crippen molar-refractivity contribution < 1.29 is 19.5 Å². The van der Waals surface area contributed by atoms with Crippen LogP contribution in [0.1, 0.15) is 22.8 Å². The Hall–Kier alpha value is -4.86. The molecular weight excluding hydrogens is 554 g/mol. The topological polar surface area (TPSA) is 63.2 Å². The van der Waals surface area contributed by atoms with E-state index in [1.807, 2.05) is 0 Å². The van der Waals surface area contributed by atoms with E-state index < -0.39 is 0 Å². The summed E-state index contributed by atoms with van der Waals surface area (Å²) >= 11 is 0. The monoisotopic (exact) mass is 576 g/mol. The van der Waals surface area contributed by atoms with Crippen LogP contribution >= 0.6 is 0 Å². The van der Waals surface area contributed by atoms with Crippen molar-refractivity contribution in [2.24, 2.45) is 0 Å². The number of rotatable bonds is 0. The minimum Gasteiger partial charge on any atom is -0.354 e. The Balaban J connectivity index is 0.00000256. The maximum atomic E-state index is 3.75. The summed E-state index contributed by atoms with van der Waals surface area (Å²) in [6.07, 6.45) is 8.98. The standard InChI is InChI=1S/C36H24N4.Zn/c1-2-10-22-21(9-1)29-17-31-23-11-3-4-12-24(23)33(38-31)19-35-27-15-7-8-16-28(27)36(40-35)20-34-26-14-6-5-13-25(26)32(39-34)18-30(22)37-29;/h1-20,37-40H;. The SMILES string of the molecule is C1=c2[nH]c(c3ccccc23)=Cc2[nH]c(c3ccccc23)C=c2[nH]c(c3ccccc23)=Cc2[nH]c1c1ccccc21.[Zn]. The van der Waals surface area contributed by atoms with Crippen molar-refractivity contribution in [1.29, 1.82) is 0 Å². The molecule has 0 spiro atoms. The minimum atomic E-state index is 0. The molecule has 4 N–H and O–H groups in total. The van der Waals surface area contributed by atoms with E-state index in [9.17, 15) is 0 Å². The quantitative estimate of drug-likeness (QED) is 0.178. The Labute approximate surface area is 247 Å². The normalized spacial score (nSPS) is 12.5. The van der Waals surface area contributed by atoms with E-state index in [0.29, 0.717) is 0 Å². The van der Waals surface area contributed by atoms with E-state index in [4.69, 9.17) is 0 Å². The van der Waals surface area contributed by atoms with E-state index in [1.54, 1.807) is 0 Å². The predicted octanol–water partition coefficient (Wildman–Crippen LogP) is 5.24. The Morgan fingerprint density at radius 1 is 0.268 bits per heavy atom. The molecule has 0 atom stereocenters. The average Bonchev–Trinajstić information content (AvgIpc) is 3.73. The molecule has 9 rings (SSSR count). The summed E-state index contributed by atoms with van der Waals surface area (Å²) in [6, 6.07) is 34.4. The van der Waals surface area contributed by atoms with Crippen LogP contribution in [-0.2, 0) is 19.5 Å². The smallest absolute Gasteiger partial charge is 0.0485 e. The van der Waals surface area contributed by atoms with Gasteiger partial charge in [-0.3, -0.25) is 0 Å². The molecule has 0 saturated carbocycles. The minimum absolute atomic E-state index is 0. The van der Waals surface area contributed by atoms with Crippen LogP contribution in [0.3, 0.4) is 0 Å². The van der Waals surface area contributed by atoms with Gasteiger partial charge in [0.2, 0.25) is 0 Å². The Bertz CT molecular complexity index is 2210. The molecule has 0 unspecified atom stereocenters. The van der Waals surface area contributed by atoms with Crippen LogP contribution in [0, 0.1) is 0 Å². The second-order valence-corrected chi connectivity index (χ2v) is 10.6. The first-order chi connectivity index (χ1) is 19.8. The molecule has 0 aliphatic carbocycles. The van der Waals surface area contributed by atoms with Gasteiger partial charge in [0.1, 0.15) is 0 Å². The first kappa shape index (κ1) is 24.0. The number of fused-ring (bicyclic) bond motifs is 20. The van der Waals surface area contributed by atoms with Gasteiger partial charge in [-0.1, -0.05) is 97.1 Å². The summed E-state index contributed by atoms with van der Waals surface area (Å²) in [5, 5.41) is 13.9. The van der Waals surface area contributed by atoms with Gasteiger partial charge in [0.25, 0.3) is 0 Å². The molecule has 4 nitrogen and oxygen atoms in total. The van der Waals surface area contributed by atoms with Gasteiger partial charge in [-0.2, -0.15) is 0 Å². The zero-order valence-corrected chi connectivity index (χ0v) is 25.2. The van der Waals surface area contributed by atoms with E-state index in [1.165, 1.54) is 43.1 Å². The van der Waals surface area contributed by atoms with Gasteiger partial charge in [-0.25, -0.2) is 0 Å². The van der Waals surface area contributed by atoms with Crippen molar-refractivity contribution in [3.63, 3.8) is 0 Å². The van der Waals surface area contributed by atoms with E-state index >= 15 is 0 Å². The molecule has 41 heavy (non-hydrogen) atoms. The van der Waals surface area contributed by atoms with Crippen LogP contribution in [0.4, 0.5) is 0 Å². The molecule has 0 radical (unpaired) electrons. The fourth-order valence-electron chi connectivity index (χ4n) is 6.42. The summed E-state index contributed by atoms with van der Waals surface area (Å²) in [5.74, 6) is 0. The number of nitrogens with one attached hydrogen (secondary N) is 4. The van der Waals surface area contributed by atoms with Crippen molar-refractivity contribution in [3.8, 4) is 0 Å². The Kier molecular flexibility index (Phi) is 5.32. The van der Waals surface area contributed by atoms with Crippen molar-refractivity contribution in [1.82, 2.24) is 19.9 Å². The third kappa shape index (κ3) is 3.63. The van der Waals surface area contributed by atoms with Crippen molar-refractivity contribution in [3.05, 3.63) is 141 Å². The molecule has 8 aromatic rings. The second kappa shape index (κ2) is 9.09. The number of hydrogen-bond acceptors (Lipinski definition) is 0. The molecule has 4 aromatic carbocycles. The summed E-state index contributed by atoms with van der Waals surface area (Å²) in [5.41, 5.74) is 4.34. The summed E-state index contributed by atoms with van der Waals surface area (Å²) in [4.78, 5) is 15.0. The molecule has 5 heteroatoms. The maximum Gasteiger partial charge on any atom is 0.0485 e. The molecular formula is C36H24N4Zn. The van der Waals surface area contributed by atoms with Gasteiger partial charge in [-0.05, 0) is 24.3 Å². The number of aromatic amines is 4.